The van der Waals surface area contributed by atoms with Gasteiger partial charge in [-0.05, 0) is 72.9 Å². The van der Waals surface area contributed by atoms with Crippen LogP contribution in [0.2, 0.25) is 0 Å². The Hall–Kier alpha value is -2.94. The maximum atomic E-state index is 7.09. The summed E-state index contributed by atoms with van der Waals surface area (Å²) in [6.45, 7) is 15.3. The Morgan fingerprint density at radius 2 is 2.18 bits per heavy atom. The predicted octanol–water partition coefficient (Wildman–Crippen LogP) is 4.07. The fourth-order valence-electron chi connectivity index (χ4n) is 3.22. The van der Waals surface area contributed by atoms with Gasteiger partial charge in [0.05, 0.1) is 0 Å². The number of pyridine rings is 1. The van der Waals surface area contributed by atoms with Crippen molar-refractivity contribution in [1.82, 2.24) is 15.6 Å². The molecule has 5 heteroatoms. The van der Waals surface area contributed by atoms with Crippen LogP contribution >= 0.6 is 0 Å². The van der Waals surface area contributed by atoms with E-state index in [1.807, 2.05) is 24.3 Å². The number of nitrogens with one attached hydrogen (secondary N) is 2. The maximum Gasteiger partial charge on any atom is 0.270 e. The monoisotopic (exact) mass is 374 g/mol. The van der Waals surface area contributed by atoms with Crippen molar-refractivity contribution in [2.45, 2.75) is 13.0 Å². The van der Waals surface area contributed by atoms with E-state index in [9.17, 15) is 0 Å². The van der Waals surface area contributed by atoms with Crippen LogP contribution in [-0.4, -0.2) is 31.2 Å². The van der Waals surface area contributed by atoms with Crippen molar-refractivity contribution in [3.8, 4) is 5.75 Å². The molecule has 1 aromatic heterocycles. The van der Waals surface area contributed by atoms with Crippen molar-refractivity contribution in [1.29, 1.82) is 0 Å². The van der Waals surface area contributed by atoms with Crippen molar-refractivity contribution < 1.29 is 4.74 Å². The molecule has 0 spiro atoms. The van der Waals surface area contributed by atoms with Crippen LogP contribution in [0.15, 0.2) is 49.2 Å². The topological polar surface area (TPSA) is 50.5 Å². The summed E-state index contributed by atoms with van der Waals surface area (Å²) in [5.74, 6) is 1.94. The molecule has 28 heavy (non-hydrogen) atoms. The maximum absolute atomic E-state index is 7.09. The zero-order valence-electron chi connectivity index (χ0n) is 16.0. The standard InChI is InChI=1S/C23H26N4O/c1-3-10-28-22-12-19(5-4-18-7-9-27-23(14-18)24-2)11-21(13-22)17-26-16-20-6-8-25-15-20/h3-5,7,9,11-14,20,25-26H,1,6,8,10,15-17H2/b5-4+. The van der Waals surface area contributed by atoms with Crippen molar-refractivity contribution in [3.63, 3.8) is 0 Å². The number of ether oxygens (including phenoxy) is 1. The molecule has 2 N–H and O–H groups in total. The second-order valence-corrected chi connectivity index (χ2v) is 6.89. The van der Waals surface area contributed by atoms with E-state index in [4.69, 9.17) is 11.3 Å². The van der Waals surface area contributed by atoms with Crippen molar-refractivity contribution in [3.05, 3.63) is 77.3 Å². The molecule has 0 amide bonds. The fraction of sp³-hybridized carbons (Fsp3) is 0.304. The molecule has 1 aliphatic rings. The van der Waals surface area contributed by atoms with Gasteiger partial charge in [-0.25, -0.2) is 0 Å². The predicted molar refractivity (Wildman–Crippen MR) is 114 cm³/mol. The third-order valence-electron chi connectivity index (χ3n) is 4.63. The van der Waals surface area contributed by atoms with Crippen molar-refractivity contribution in [2.75, 3.05) is 26.2 Å². The van der Waals surface area contributed by atoms with Gasteiger partial charge in [0.15, 0.2) is 0 Å². The molecular weight excluding hydrogens is 348 g/mol. The molecule has 3 rings (SSSR count). The Balaban J connectivity index is 1.71. The van der Waals surface area contributed by atoms with Crippen LogP contribution in [-0.2, 0) is 6.54 Å². The third-order valence-corrected chi connectivity index (χ3v) is 4.63. The van der Waals surface area contributed by atoms with Crippen LogP contribution in [0, 0.1) is 12.5 Å². The smallest absolute Gasteiger partial charge is 0.270 e. The number of hydrogen-bond acceptors (Lipinski definition) is 4. The lowest BCUT2D eigenvalue weighted by Gasteiger charge is -2.12. The summed E-state index contributed by atoms with van der Waals surface area (Å²) in [4.78, 5) is 7.39. The SMILES string of the molecule is [C-]#[N+]c1cc(/C=C/c2cc(CNCC3CCNC3)cc(OCC=C)c2)ccn1. The molecule has 1 aliphatic heterocycles. The highest BCUT2D eigenvalue weighted by atomic mass is 16.5. The molecule has 0 radical (unpaired) electrons. The van der Waals surface area contributed by atoms with Crippen LogP contribution in [0.3, 0.4) is 0 Å². The fourth-order valence-corrected chi connectivity index (χ4v) is 3.22. The Morgan fingerprint density at radius 1 is 1.29 bits per heavy atom. The first-order chi connectivity index (χ1) is 13.8. The van der Waals surface area contributed by atoms with Crippen molar-refractivity contribution in [2.24, 2.45) is 5.92 Å². The van der Waals surface area contributed by atoms with E-state index in [1.165, 1.54) is 12.0 Å². The Bertz CT molecular complexity index is 863. The zero-order valence-corrected chi connectivity index (χ0v) is 16.0. The highest BCUT2D eigenvalue weighted by Gasteiger charge is 2.13. The van der Waals surface area contributed by atoms with E-state index in [1.54, 1.807) is 18.3 Å². The number of hydrogen-bond donors (Lipinski definition) is 2. The molecule has 0 saturated carbocycles. The average molecular weight is 374 g/mol. The molecule has 5 nitrogen and oxygen atoms in total. The highest BCUT2D eigenvalue weighted by molar-refractivity contribution is 5.71. The number of nitrogens with zero attached hydrogens (tertiary/aromatic N) is 2. The minimum absolute atomic E-state index is 0.400. The molecule has 2 heterocycles. The van der Waals surface area contributed by atoms with Crippen molar-refractivity contribution >= 4 is 18.0 Å². The number of rotatable bonds is 9. The van der Waals surface area contributed by atoms with Gasteiger partial charge < -0.3 is 20.2 Å². The van der Waals surface area contributed by atoms with E-state index < -0.39 is 0 Å². The van der Waals surface area contributed by atoms with Crippen LogP contribution in [0.5, 0.6) is 5.75 Å². The lowest BCUT2D eigenvalue weighted by molar-refractivity contribution is 0.362. The summed E-state index contributed by atoms with van der Waals surface area (Å²) >= 11 is 0. The van der Waals surface area contributed by atoms with Gasteiger partial charge in [0.2, 0.25) is 0 Å². The number of aromatic nitrogens is 1. The lowest BCUT2D eigenvalue weighted by Crippen LogP contribution is -2.24. The molecule has 0 bridgehead atoms. The van der Waals surface area contributed by atoms with Gasteiger partial charge in [-0.2, -0.15) is 0 Å². The molecule has 1 unspecified atom stereocenters. The first-order valence-electron chi connectivity index (χ1n) is 9.57. The first-order valence-corrected chi connectivity index (χ1v) is 9.57. The van der Waals surface area contributed by atoms with Gasteiger partial charge in [-0.3, -0.25) is 0 Å². The van der Waals surface area contributed by atoms with Gasteiger partial charge in [0.1, 0.15) is 18.6 Å². The largest absolute Gasteiger partial charge is 0.490 e. The van der Waals surface area contributed by atoms with E-state index in [-0.39, 0.29) is 0 Å². The Morgan fingerprint density at radius 3 is 2.96 bits per heavy atom. The molecule has 1 fully saturated rings. The normalized spacial score (nSPS) is 16.2. The third kappa shape index (κ3) is 6.05. The molecule has 1 saturated heterocycles. The van der Waals surface area contributed by atoms with Gasteiger partial charge in [0.25, 0.3) is 5.82 Å². The molecule has 2 aromatic rings. The highest BCUT2D eigenvalue weighted by Crippen LogP contribution is 2.20. The molecule has 1 atom stereocenters. The minimum atomic E-state index is 0.400. The summed E-state index contributed by atoms with van der Waals surface area (Å²) in [6, 6.07) is 9.92. The summed E-state index contributed by atoms with van der Waals surface area (Å²) in [6.07, 6.45) is 8.67. The van der Waals surface area contributed by atoms with Crippen LogP contribution in [0.4, 0.5) is 5.82 Å². The van der Waals surface area contributed by atoms with Gasteiger partial charge >= 0.3 is 0 Å². The summed E-state index contributed by atoms with van der Waals surface area (Å²) in [5, 5.41) is 6.96. The summed E-state index contributed by atoms with van der Waals surface area (Å²) in [7, 11) is 0. The summed E-state index contributed by atoms with van der Waals surface area (Å²) < 4.78 is 5.77. The van der Waals surface area contributed by atoms with Gasteiger partial charge in [-0.1, -0.05) is 37.4 Å². The lowest BCUT2D eigenvalue weighted by atomic mass is 10.1. The summed E-state index contributed by atoms with van der Waals surface area (Å²) in [5.41, 5.74) is 3.19. The van der Waals surface area contributed by atoms with Crippen LogP contribution in [0.25, 0.3) is 17.0 Å². The molecule has 144 valence electrons. The van der Waals surface area contributed by atoms with Gasteiger partial charge in [-0.15, -0.1) is 4.98 Å². The van der Waals surface area contributed by atoms with E-state index >= 15 is 0 Å². The van der Waals surface area contributed by atoms with Crippen LogP contribution in [0.1, 0.15) is 23.1 Å². The number of benzene rings is 1. The van der Waals surface area contributed by atoms with Gasteiger partial charge in [0, 0.05) is 6.54 Å². The molecule has 1 aromatic carbocycles. The minimum Gasteiger partial charge on any atom is -0.490 e. The second kappa shape index (κ2) is 10.4. The zero-order chi connectivity index (χ0) is 19.6. The van der Waals surface area contributed by atoms with E-state index in [0.717, 1.165) is 43.1 Å². The Labute approximate surface area is 167 Å². The second-order valence-electron chi connectivity index (χ2n) is 6.89. The quantitative estimate of drug-likeness (QED) is 0.513. The average Bonchev–Trinajstić information content (AvgIpc) is 3.24. The first kappa shape index (κ1) is 19.8. The molecule has 0 aliphatic carbocycles. The Kier molecular flexibility index (Phi) is 7.36. The molecular formula is C23H26N4O. The van der Waals surface area contributed by atoms with Crippen LogP contribution < -0.4 is 15.4 Å². The van der Waals surface area contributed by atoms with E-state index in [2.05, 4.69) is 39.2 Å². The van der Waals surface area contributed by atoms with E-state index in [0.29, 0.717) is 18.3 Å².